The van der Waals surface area contributed by atoms with E-state index in [0.29, 0.717) is 31.1 Å². The Morgan fingerprint density at radius 1 is 1.30 bits per heavy atom. The zero-order valence-corrected chi connectivity index (χ0v) is 15.1. The van der Waals surface area contributed by atoms with Crippen molar-refractivity contribution in [3.05, 3.63) is 16.6 Å². The van der Waals surface area contributed by atoms with Gasteiger partial charge >= 0.3 is 0 Å². The molecule has 3 rings (SSSR count). The molecular formula is C14H20N4O3S2. The van der Waals surface area contributed by atoms with E-state index in [9.17, 15) is 13.2 Å². The molecule has 1 amide bonds. The highest BCUT2D eigenvalue weighted by Gasteiger charge is 2.29. The average Bonchev–Trinajstić information content (AvgIpc) is 3.09. The number of sulfonamides is 1. The first-order valence-corrected chi connectivity index (χ1v) is 9.96. The highest BCUT2D eigenvalue weighted by atomic mass is 32.2. The lowest BCUT2D eigenvalue weighted by atomic mass is 10.3. The SMILES string of the molecule is CCS(=O)(=O)N1CCN(C(=O)c2cc3c(C)nn(C)c3s2)CC1. The molecule has 2 aromatic rings. The molecule has 0 N–H and O–H groups in total. The lowest BCUT2D eigenvalue weighted by molar-refractivity contribution is 0.0703. The van der Waals surface area contributed by atoms with Crippen LogP contribution in [0.1, 0.15) is 22.3 Å². The second-order valence-corrected chi connectivity index (χ2v) is 8.92. The van der Waals surface area contributed by atoms with Crippen LogP contribution in [0.25, 0.3) is 10.2 Å². The highest BCUT2D eigenvalue weighted by Crippen LogP contribution is 2.28. The van der Waals surface area contributed by atoms with Crippen molar-refractivity contribution < 1.29 is 13.2 Å². The van der Waals surface area contributed by atoms with Gasteiger partial charge in [-0.25, -0.2) is 8.42 Å². The van der Waals surface area contributed by atoms with Crippen molar-refractivity contribution in [3.63, 3.8) is 0 Å². The van der Waals surface area contributed by atoms with Crippen molar-refractivity contribution in [1.29, 1.82) is 0 Å². The summed E-state index contributed by atoms with van der Waals surface area (Å²) in [4.78, 5) is 16.1. The molecule has 3 heterocycles. The fourth-order valence-electron chi connectivity index (χ4n) is 2.82. The molecule has 0 saturated carbocycles. The van der Waals surface area contributed by atoms with Crippen LogP contribution in [-0.2, 0) is 17.1 Å². The van der Waals surface area contributed by atoms with Crippen LogP contribution in [0.15, 0.2) is 6.07 Å². The molecule has 126 valence electrons. The number of thiophene rings is 1. The number of carbonyl (C=O) groups is 1. The van der Waals surface area contributed by atoms with Gasteiger partial charge < -0.3 is 4.90 Å². The molecule has 1 saturated heterocycles. The van der Waals surface area contributed by atoms with Gasteiger partial charge in [-0.1, -0.05) is 0 Å². The molecule has 0 radical (unpaired) electrons. The number of hydrogen-bond donors (Lipinski definition) is 0. The maximum atomic E-state index is 12.7. The standard InChI is InChI=1S/C14H20N4O3S2/c1-4-23(20,21)18-7-5-17(6-8-18)13(19)12-9-11-10(2)15-16(3)14(11)22-12/h9H,4-8H2,1-3H3. The molecule has 0 aliphatic carbocycles. The number of nitrogens with zero attached hydrogens (tertiary/aromatic N) is 4. The second kappa shape index (κ2) is 5.88. The normalized spacial score (nSPS) is 17.1. The Hall–Kier alpha value is -1.45. The monoisotopic (exact) mass is 356 g/mol. The van der Waals surface area contributed by atoms with Gasteiger partial charge in [0.05, 0.1) is 16.3 Å². The van der Waals surface area contributed by atoms with Gasteiger partial charge in [0.1, 0.15) is 4.83 Å². The van der Waals surface area contributed by atoms with Crippen LogP contribution in [0.2, 0.25) is 0 Å². The third-order valence-corrected chi connectivity index (χ3v) is 7.26. The van der Waals surface area contributed by atoms with Crippen molar-refractivity contribution in [2.45, 2.75) is 13.8 Å². The number of amides is 1. The number of rotatable bonds is 3. The van der Waals surface area contributed by atoms with Gasteiger partial charge in [-0.2, -0.15) is 9.40 Å². The minimum Gasteiger partial charge on any atom is -0.335 e. The highest BCUT2D eigenvalue weighted by molar-refractivity contribution is 7.89. The van der Waals surface area contributed by atoms with E-state index in [1.54, 1.807) is 16.5 Å². The van der Waals surface area contributed by atoms with Gasteiger partial charge in [-0.3, -0.25) is 9.48 Å². The summed E-state index contributed by atoms with van der Waals surface area (Å²) in [6.45, 7) is 5.17. The Labute approximate surface area is 139 Å². The van der Waals surface area contributed by atoms with Crippen LogP contribution < -0.4 is 0 Å². The number of piperazine rings is 1. The van der Waals surface area contributed by atoms with Crippen LogP contribution in [0.5, 0.6) is 0 Å². The zero-order chi connectivity index (χ0) is 16.8. The lowest BCUT2D eigenvalue weighted by Crippen LogP contribution is -2.50. The summed E-state index contributed by atoms with van der Waals surface area (Å²) in [5, 5.41) is 5.35. The third kappa shape index (κ3) is 2.88. The molecule has 2 aromatic heterocycles. The van der Waals surface area contributed by atoms with Crippen LogP contribution in [0.4, 0.5) is 0 Å². The first kappa shape index (κ1) is 16.4. The van der Waals surface area contributed by atoms with E-state index in [1.807, 2.05) is 20.0 Å². The molecular weight excluding hydrogens is 336 g/mol. The molecule has 0 unspecified atom stereocenters. The maximum absolute atomic E-state index is 12.7. The van der Waals surface area contributed by atoms with E-state index >= 15 is 0 Å². The van der Waals surface area contributed by atoms with E-state index in [0.717, 1.165) is 15.9 Å². The molecule has 1 aliphatic heterocycles. The summed E-state index contributed by atoms with van der Waals surface area (Å²) < 4.78 is 27.0. The number of carbonyl (C=O) groups excluding carboxylic acids is 1. The lowest BCUT2D eigenvalue weighted by Gasteiger charge is -2.33. The molecule has 0 spiro atoms. The predicted octanol–water partition coefficient (Wildman–Crippen LogP) is 1.05. The fourth-order valence-corrected chi connectivity index (χ4v) is 4.99. The number of aryl methyl sites for hydroxylation is 2. The molecule has 0 atom stereocenters. The fraction of sp³-hybridized carbons (Fsp3) is 0.571. The van der Waals surface area contributed by atoms with Crippen LogP contribution in [0, 0.1) is 6.92 Å². The average molecular weight is 356 g/mol. The number of fused-ring (bicyclic) bond motifs is 1. The van der Waals surface area contributed by atoms with E-state index in [-0.39, 0.29) is 11.7 Å². The quantitative estimate of drug-likeness (QED) is 0.824. The van der Waals surface area contributed by atoms with E-state index in [2.05, 4.69) is 5.10 Å². The first-order chi connectivity index (χ1) is 10.8. The Kier molecular flexibility index (Phi) is 4.19. The topological polar surface area (TPSA) is 75.5 Å². The Balaban J connectivity index is 1.75. The molecule has 1 aliphatic rings. The molecule has 1 fully saturated rings. The maximum Gasteiger partial charge on any atom is 0.264 e. The van der Waals surface area contributed by atoms with Crippen molar-refractivity contribution in [2.24, 2.45) is 7.05 Å². The smallest absolute Gasteiger partial charge is 0.264 e. The van der Waals surface area contributed by atoms with Crippen LogP contribution in [0.3, 0.4) is 0 Å². The van der Waals surface area contributed by atoms with Crippen LogP contribution >= 0.6 is 11.3 Å². The van der Waals surface area contributed by atoms with Crippen molar-refractivity contribution in [2.75, 3.05) is 31.9 Å². The van der Waals surface area contributed by atoms with Crippen molar-refractivity contribution in [1.82, 2.24) is 19.0 Å². The van der Waals surface area contributed by atoms with Gasteiger partial charge in [0.25, 0.3) is 5.91 Å². The molecule has 23 heavy (non-hydrogen) atoms. The van der Waals surface area contributed by atoms with Crippen LogP contribution in [-0.4, -0.2) is 65.2 Å². The summed E-state index contributed by atoms with van der Waals surface area (Å²) >= 11 is 1.43. The Morgan fingerprint density at radius 3 is 2.52 bits per heavy atom. The summed E-state index contributed by atoms with van der Waals surface area (Å²) in [7, 11) is -1.30. The first-order valence-electron chi connectivity index (χ1n) is 7.53. The minimum absolute atomic E-state index is 0.0286. The van der Waals surface area contributed by atoms with Crippen molar-refractivity contribution in [3.8, 4) is 0 Å². The molecule has 0 aromatic carbocycles. The molecule has 0 bridgehead atoms. The van der Waals surface area contributed by atoms with E-state index in [1.165, 1.54) is 15.6 Å². The van der Waals surface area contributed by atoms with E-state index in [4.69, 9.17) is 0 Å². The van der Waals surface area contributed by atoms with Gasteiger partial charge in [0.2, 0.25) is 10.0 Å². The predicted molar refractivity (Wildman–Crippen MR) is 90.3 cm³/mol. The second-order valence-electron chi connectivity index (χ2n) is 5.63. The summed E-state index contributed by atoms with van der Waals surface area (Å²) in [6.07, 6.45) is 0. The summed E-state index contributed by atoms with van der Waals surface area (Å²) in [5.74, 6) is 0.0722. The van der Waals surface area contributed by atoms with Gasteiger partial charge in [-0.05, 0) is 19.9 Å². The number of hydrogen-bond acceptors (Lipinski definition) is 5. The molecule has 7 nitrogen and oxygen atoms in total. The minimum atomic E-state index is -3.17. The van der Waals surface area contributed by atoms with Gasteiger partial charge in [0, 0.05) is 38.6 Å². The zero-order valence-electron chi connectivity index (χ0n) is 13.4. The van der Waals surface area contributed by atoms with Crippen molar-refractivity contribution >= 4 is 37.5 Å². The van der Waals surface area contributed by atoms with E-state index < -0.39 is 10.0 Å². The Morgan fingerprint density at radius 2 is 1.96 bits per heavy atom. The largest absolute Gasteiger partial charge is 0.335 e. The Bertz CT molecular complexity index is 810. The summed E-state index contributed by atoms with van der Waals surface area (Å²) in [6, 6.07) is 1.89. The number of aromatic nitrogens is 2. The molecule has 9 heteroatoms. The summed E-state index contributed by atoms with van der Waals surface area (Å²) in [5.41, 5.74) is 0.914. The van der Waals surface area contributed by atoms with Gasteiger partial charge in [0.15, 0.2) is 0 Å². The van der Waals surface area contributed by atoms with Gasteiger partial charge in [-0.15, -0.1) is 11.3 Å². The third-order valence-electron chi connectivity index (χ3n) is 4.19.